The number of amides is 2. The Balaban J connectivity index is 1.41. The van der Waals surface area contributed by atoms with Gasteiger partial charge in [0.25, 0.3) is 11.8 Å². The lowest BCUT2D eigenvalue weighted by atomic mass is 9.75. The Morgan fingerprint density at radius 3 is 2.50 bits per heavy atom. The fourth-order valence-electron chi connectivity index (χ4n) is 4.04. The lowest BCUT2D eigenvalue weighted by Crippen LogP contribution is -3.11. The summed E-state index contributed by atoms with van der Waals surface area (Å²) in [5.74, 6) is 1.89. The minimum absolute atomic E-state index is 0.0822. The van der Waals surface area contributed by atoms with Gasteiger partial charge in [0, 0.05) is 19.1 Å². The predicted octanol–water partition coefficient (Wildman–Crippen LogP) is -0.182. The summed E-state index contributed by atoms with van der Waals surface area (Å²) in [5.41, 5.74) is 0. The number of carbonyl (C=O) groups is 2. The van der Waals surface area contributed by atoms with Crippen LogP contribution in [-0.2, 0) is 9.59 Å². The highest BCUT2D eigenvalue weighted by molar-refractivity contribution is 5.79. The van der Waals surface area contributed by atoms with E-state index in [0.717, 1.165) is 42.7 Å². The SMILES string of the molecule is C[NH+](CC(=O)NC1CC1)CC(=O)N1CC[C@@H]2CCCC[C@@H]2C1. The summed E-state index contributed by atoms with van der Waals surface area (Å²) in [6.45, 7) is 2.71. The monoisotopic (exact) mass is 308 g/mol. The van der Waals surface area contributed by atoms with Crippen molar-refractivity contribution in [3.8, 4) is 0 Å². The molecule has 0 aromatic rings. The maximum absolute atomic E-state index is 12.5. The van der Waals surface area contributed by atoms with E-state index in [-0.39, 0.29) is 11.8 Å². The van der Waals surface area contributed by atoms with Crippen molar-refractivity contribution >= 4 is 11.8 Å². The van der Waals surface area contributed by atoms with E-state index in [0.29, 0.717) is 19.1 Å². The molecule has 1 unspecified atom stereocenters. The van der Waals surface area contributed by atoms with E-state index in [4.69, 9.17) is 0 Å². The van der Waals surface area contributed by atoms with Crippen molar-refractivity contribution in [2.45, 2.75) is 51.0 Å². The maximum atomic E-state index is 12.5. The molecule has 2 amide bonds. The molecule has 124 valence electrons. The molecular formula is C17H30N3O2+. The zero-order valence-electron chi connectivity index (χ0n) is 13.8. The van der Waals surface area contributed by atoms with Gasteiger partial charge in [0.05, 0.1) is 7.05 Å². The molecule has 3 aliphatic rings. The van der Waals surface area contributed by atoms with Gasteiger partial charge in [-0.3, -0.25) is 9.59 Å². The first kappa shape index (κ1) is 15.8. The number of rotatable bonds is 5. The lowest BCUT2D eigenvalue weighted by Gasteiger charge is -2.41. The average molecular weight is 308 g/mol. The third-order valence-electron chi connectivity index (χ3n) is 5.50. The molecule has 2 saturated carbocycles. The van der Waals surface area contributed by atoms with Crippen molar-refractivity contribution in [1.29, 1.82) is 0 Å². The summed E-state index contributed by atoms with van der Waals surface area (Å²) in [6, 6.07) is 0.404. The number of nitrogens with one attached hydrogen (secondary N) is 2. The molecule has 5 heteroatoms. The fraction of sp³-hybridized carbons (Fsp3) is 0.882. The minimum atomic E-state index is 0.0822. The third-order valence-corrected chi connectivity index (χ3v) is 5.50. The maximum Gasteiger partial charge on any atom is 0.277 e. The zero-order valence-corrected chi connectivity index (χ0v) is 13.8. The molecule has 0 spiro atoms. The predicted molar refractivity (Wildman–Crippen MR) is 84.4 cm³/mol. The highest BCUT2D eigenvalue weighted by Crippen LogP contribution is 2.35. The van der Waals surface area contributed by atoms with Gasteiger partial charge in [0.2, 0.25) is 0 Å². The molecule has 0 bridgehead atoms. The summed E-state index contributed by atoms with van der Waals surface area (Å²) in [4.78, 5) is 27.3. The van der Waals surface area contributed by atoms with Crippen molar-refractivity contribution in [2.24, 2.45) is 11.8 Å². The van der Waals surface area contributed by atoms with Gasteiger partial charge in [-0.15, -0.1) is 0 Å². The molecule has 1 saturated heterocycles. The largest absolute Gasteiger partial charge is 0.348 e. The van der Waals surface area contributed by atoms with Crippen LogP contribution in [0.3, 0.4) is 0 Å². The smallest absolute Gasteiger partial charge is 0.277 e. The van der Waals surface area contributed by atoms with Crippen LogP contribution in [0.25, 0.3) is 0 Å². The van der Waals surface area contributed by atoms with Crippen LogP contribution < -0.4 is 10.2 Å². The van der Waals surface area contributed by atoms with Crippen LogP contribution in [0, 0.1) is 11.8 Å². The van der Waals surface area contributed by atoms with Crippen LogP contribution in [0.1, 0.15) is 44.9 Å². The van der Waals surface area contributed by atoms with E-state index >= 15 is 0 Å². The molecule has 1 aliphatic heterocycles. The first-order valence-electron chi connectivity index (χ1n) is 9.00. The van der Waals surface area contributed by atoms with E-state index in [1.165, 1.54) is 32.1 Å². The van der Waals surface area contributed by atoms with Gasteiger partial charge in [-0.1, -0.05) is 19.3 Å². The van der Waals surface area contributed by atoms with Crippen LogP contribution in [0.4, 0.5) is 0 Å². The van der Waals surface area contributed by atoms with Gasteiger partial charge in [0.1, 0.15) is 0 Å². The van der Waals surface area contributed by atoms with E-state index in [2.05, 4.69) is 10.2 Å². The molecule has 3 atom stereocenters. The summed E-state index contributed by atoms with van der Waals surface area (Å²) >= 11 is 0. The van der Waals surface area contributed by atoms with Gasteiger partial charge in [-0.05, 0) is 37.5 Å². The number of carbonyl (C=O) groups excluding carboxylic acids is 2. The molecule has 1 heterocycles. The Bertz CT molecular complexity index is 422. The number of likely N-dealkylation sites (tertiary alicyclic amines) is 1. The summed E-state index contributed by atoms with van der Waals surface area (Å²) in [5, 5.41) is 2.99. The van der Waals surface area contributed by atoms with Crippen molar-refractivity contribution < 1.29 is 14.5 Å². The third kappa shape index (κ3) is 4.22. The molecule has 5 nitrogen and oxygen atoms in total. The Hall–Kier alpha value is -1.10. The minimum Gasteiger partial charge on any atom is -0.348 e. The molecule has 22 heavy (non-hydrogen) atoms. The van der Waals surface area contributed by atoms with E-state index in [1.54, 1.807) is 0 Å². The molecule has 0 aromatic heterocycles. The van der Waals surface area contributed by atoms with Crippen molar-refractivity contribution in [1.82, 2.24) is 10.2 Å². The molecule has 2 aliphatic carbocycles. The molecule has 3 rings (SSSR count). The van der Waals surface area contributed by atoms with E-state index < -0.39 is 0 Å². The second-order valence-electron chi connectivity index (χ2n) is 7.59. The Labute approximate surface area is 133 Å². The standard InChI is InChI=1S/C17H29N3O2/c1-19(11-16(21)18-15-6-7-15)12-17(22)20-9-8-13-4-2-3-5-14(13)10-20/h13-15H,2-12H2,1H3,(H,18,21)/p+1/t13-,14+/m0/s1. The number of piperidine rings is 1. The second kappa shape index (κ2) is 6.99. The molecule has 0 aromatic carbocycles. The molecule has 0 radical (unpaired) electrons. The molecular weight excluding hydrogens is 278 g/mol. The van der Waals surface area contributed by atoms with Crippen LogP contribution >= 0.6 is 0 Å². The molecule has 3 fully saturated rings. The summed E-state index contributed by atoms with van der Waals surface area (Å²) in [7, 11) is 1.94. The number of quaternary nitrogens is 1. The van der Waals surface area contributed by atoms with Gasteiger partial charge in [-0.2, -0.15) is 0 Å². The van der Waals surface area contributed by atoms with Crippen molar-refractivity contribution in [2.75, 3.05) is 33.2 Å². The van der Waals surface area contributed by atoms with Crippen LogP contribution in [0.2, 0.25) is 0 Å². The van der Waals surface area contributed by atoms with E-state index in [9.17, 15) is 9.59 Å². The topological polar surface area (TPSA) is 53.9 Å². The van der Waals surface area contributed by atoms with Crippen LogP contribution in [0.15, 0.2) is 0 Å². The van der Waals surface area contributed by atoms with Crippen molar-refractivity contribution in [3.63, 3.8) is 0 Å². The highest BCUT2D eigenvalue weighted by atomic mass is 16.2. The first-order chi connectivity index (χ1) is 10.6. The van der Waals surface area contributed by atoms with Gasteiger partial charge < -0.3 is 15.1 Å². The number of hydrogen-bond donors (Lipinski definition) is 2. The second-order valence-corrected chi connectivity index (χ2v) is 7.59. The number of fused-ring (bicyclic) bond motifs is 1. The zero-order chi connectivity index (χ0) is 15.5. The number of likely N-dealkylation sites (N-methyl/N-ethyl adjacent to an activating group) is 1. The molecule has 2 N–H and O–H groups in total. The fourth-order valence-corrected chi connectivity index (χ4v) is 4.04. The van der Waals surface area contributed by atoms with Gasteiger partial charge in [0.15, 0.2) is 13.1 Å². The summed E-state index contributed by atoms with van der Waals surface area (Å²) in [6.07, 6.45) is 8.76. The average Bonchev–Trinajstić information content (AvgIpc) is 3.30. The Morgan fingerprint density at radius 2 is 1.77 bits per heavy atom. The van der Waals surface area contributed by atoms with Gasteiger partial charge >= 0.3 is 0 Å². The lowest BCUT2D eigenvalue weighted by molar-refractivity contribution is -0.863. The number of nitrogens with zero attached hydrogens (tertiary/aromatic N) is 1. The normalized spacial score (nSPS) is 29.6. The number of hydrogen-bond acceptors (Lipinski definition) is 2. The first-order valence-corrected chi connectivity index (χ1v) is 9.00. The van der Waals surface area contributed by atoms with E-state index in [1.807, 2.05) is 7.05 Å². The van der Waals surface area contributed by atoms with Crippen molar-refractivity contribution in [3.05, 3.63) is 0 Å². The Kier molecular flexibility index (Phi) is 5.01. The Morgan fingerprint density at radius 1 is 1.05 bits per heavy atom. The quantitative estimate of drug-likeness (QED) is 0.740. The highest BCUT2D eigenvalue weighted by Gasteiger charge is 2.33. The van der Waals surface area contributed by atoms with Crippen LogP contribution in [-0.4, -0.2) is 56.0 Å². The summed E-state index contributed by atoms with van der Waals surface area (Å²) < 4.78 is 0. The van der Waals surface area contributed by atoms with Gasteiger partial charge in [-0.25, -0.2) is 0 Å². The van der Waals surface area contributed by atoms with Crippen LogP contribution in [0.5, 0.6) is 0 Å².